The van der Waals surface area contributed by atoms with Crippen LogP contribution in [0, 0.1) is 0 Å². The molecule has 1 saturated heterocycles. The number of morpholine rings is 1. The van der Waals surface area contributed by atoms with Gasteiger partial charge in [0.2, 0.25) is 0 Å². The second kappa shape index (κ2) is 5.84. The fourth-order valence-corrected chi connectivity index (χ4v) is 1.93. The third kappa shape index (κ3) is 3.00. The van der Waals surface area contributed by atoms with Gasteiger partial charge in [-0.05, 0) is 19.1 Å². The molecule has 0 saturated carbocycles. The Morgan fingerprint density at radius 1 is 1.50 bits per heavy atom. The summed E-state index contributed by atoms with van der Waals surface area (Å²) in [6.45, 7) is 2.73. The predicted molar refractivity (Wildman–Crippen MR) is 68.5 cm³/mol. The number of nitrogens with one attached hydrogen (secondary N) is 1. The number of hydrogen-bond donors (Lipinski definition) is 2. The Kier molecular flexibility index (Phi) is 4.17. The van der Waals surface area contributed by atoms with Gasteiger partial charge in [-0.25, -0.2) is 4.79 Å². The lowest BCUT2D eigenvalue weighted by Crippen LogP contribution is -2.53. The minimum absolute atomic E-state index is 0.0107. The molecule has 1 heterocycles. The lowest BCUT2D eigenvalue weighted by atomic mass is 10.2. The van der Waals surface area contributed by atoms with Gasteiger partial charge in [0.15, 0.2) is 0 Å². The lowest BCUT2D eigenvalue weighted by Gasteiger charge is -2.37. The van der Waals surface area contributed by atoms with Gasteiger partial charge in [-0.3, -0.25) is 0 Å². The zero-order valence-corrected chi connectivity index (χ0v) is 10.4. The van der Waals surface area contributed by atoms with Crippen LogP contribution >= 0.6 is 0 Å². The Balaban J connectivity index is 1.99. The summed E-state index contributed by atoms with van der Waals surface area (Å²) in [5, 5.41) is 11.9. The van der Waals surface area contributed by atoms with Crippen molar-refractivity contribution >= 4 is 11.7 Å². The zero-order chi connectivity index (χ0) is 13.0. The summed E-state index contributed by atoms with van der Waals surface area (Å²) in [7, 11) is 0. The van der Waals surface area contributed by atoms with E-state index in [1.165, 1.54) is 0 Å². The van der Waals surface area contributed by atoms with Crippen molar-refractivity contribution in [2.24, 2.45) is 0 Å². The molecule has 1 aliphatic rings. The van der Waals surface area contributed by atoms with E-state index in [1.54, 1.807) is 4.90 Å². The predicted octanol–water partition coefficient (Wildman–Crippen LogP) is 1.30. The minimum Gasteiger partial charge on any atom is -0.394 e. The first kappa shape index (κ1) is 12.9. The van der Waals surface area contributed by atoms with Crippen molar-refractivity contribution in [2.75, 3.05) is 25.1 Å². The number of carbonyl (C=O) groups excluding carboxylic acids is 1. The molecule has 2 atom stereocenters. The number of ether oxygens (including phenoxy) is 1. The normalized spacial score (nSPS) is 23.8. The number of carbonyl (C=O) groups is 1. The van der Waals surface area contributed by atoms with E-state index in [0.717, 1.165) is 5.69 Å². The van der Waals surface area contributed by atoms with E-state index in [1.807, 2.05) is 37.3 Å². The topological polar surface area (TPSA) is 61.8 Å². The summed E-state index contributed by atoms with van der Waals surface area (Å²) in [6.07, 6.45) is -0.289. The van der Waals surface area contributed by atoms with Crippen LogP contribution in [0.3, 0.4) is 0 Å². The van der Waals surface area contributed by atoms with Crippen molar-refractivity contribution < 1.29 is 14.6 Å². The van der Waals surface area contributed by atoms with Gasteiger partial charge in [-0.1, -0.05) is 18.2 Å². The molecule has 2 rings (SSSR count). The number of amides is 2. The summed E-state index contributed by atoms with van der Waals surface area (Å²) in [6, 6.07) is 9.17. The van der Waals surface area contributed by atoms with Gasteiger partial charge in [0.05, 0.1) is 31.9 Å². The number of benzene rings is 1. The molecule has 0 spiro atoms. The molecular formula is C13H18N2O3. The maximum Gasteiger partial charge on any atom is 0.322 e. The Labute approximate surface area is 106 Å². The number of rotatable bonds is 2. The molecule has 2 N–H and O–H groups in total. The van der Waals surface area contributed by atoms with Gasteiger partial charge >= 0.3 is 6.03 Å². The van der Waals surface area contributed by atoms with Crippen molar-refractivity contribution in [3.63, 3.8) is 0 Å². The van der Waals surface area contributed by atoms with Gasteiger partial charge in [-0.15, -0.1) is 0 Å². The molecule has 5 heteroatoms. The first-order chi connectivity index (χ1) is 8.70. The Morgan fingerprint density at radius 2 is 2.22 bits per heavy atom. The van der Waals surface area contributed by atoms with Crippen LogP contribution < -0.4 is 5.32 Å². The molecule has 0 bridgehead atoms. The summed E-state index contributed by atoms with van der Waals surface area (Å²) in [4.78, 5) is 13.8. The van der Waals surface area contributed by atoms with E-state index in [4.69, 9.17) is 9.84 Å². The van der Waals surface area contributed by atoms with Crippen LogP contribution in [-0.4, -0.2) is 47.9 Å². The average Bonchev–Trinajstić information content (AvgIpc) is 2.40. The summed E-state index contributed by atoms with van der Waals surface area (Å²) in [5.74, 6) is 0. The van der Waals surface area contributed by atoms with Crippen molar-refractivity contribution in [2.45, 2.75) is 19.1 Å². The maximum atomic E-state index is 12.1. The van der Waals surface area contributed by atoms with E-state index < -0.39 is 0 Å². The summed E-state index contributed by atoms with van der Waals surface area (Å²) < 4.78 is 5.40. The quantitative estimate of drug-likeness (QED) is 0.831. The lowest BCUT2D eigenvalue weighted by molar-refractivity contribution is -0.0611. The van der Waals surface area contributed by atoms with Gasteiger partial charge < -0.3 is 20.1 Å². The van der Waals surface area contributed by atoms with Crippen molar-refractivity contribution in [3.05, 3.63) is 30.3 Å². The van der Waals surface area contributed by atoms with Crippen LogP contribution in [0.4, 0.5) is 10.5 Å². The smallest absolute Gasteiger partial charge is 0.322 e. The third-order valence-corrected chi connectivity index (χ3v) is 3.00. The van der Waals surface area contributed by atoms with Crippen molar-refractivity contribution in [1.29, 1.82) is 0 Å². The Hall–Kier alpha value is -1.59. The molecule has 18 heavy (non-hydrogen) atoms. The highest BCUT2D eigenvalue weighted by molar-refractivity contribution is 5.89. The largest absolute Gasteiger partial charge is 0.394 e. The number of nitrogens with zero attached hydrogens (tertiary/aromatic N) is 1. The van der Waals surface area contributed by atoms with E-state index >= 15 is 0 Å². The highest BCUT2D eigenvalue weighted by atomic mass is 16.5. The van der Waals surface area contributed by atoms with Crippen LogP contribution in [0.25, 0.3) is 0 Å². The number of para-hydroxylation sites is 1. The monoisotopic (exact) mass is 250 g/mol. The third-order valence-electron chi connectivity index (χ3n) is 3.00. The molecule has 1 aromatic carbocycles. The van der Waals surface area contributed by atoms with Crippen molar-refractivity contribution in [1.82, 2.24) is 4.90 Å². The fourth-order valence-electron chi connectivity index (χ4n) is 1.93. The second-order valence-electron chi connectivity index (χ2n) is 4.44. The number of hydrogen-bond acceptors (Lipinski definition) is 3. The van der Waals surface area contributed by atoms with Crippen LogP contribution in [0.5, 0.6) is 0 Å². The van der Waals surface area contributed by atoms with Gasteiger partial charge in [0.1, 0.15) is 0 Å². The van der Waals surface area contributed by atoms with Crippen LogP contribution in [0.15, 0.2) is 30.3 Å². The number of anilines is 1. The summed E-state index contributed by atoms with van der Waals surface area (Å²) in [5.41, 5.74) is 0.766. The Morgan fingerprint density at radius 3 is 2.89 bits per heavy atom. The molecule has 1 aliphatic heterocycles. The van der Waals surface area contributed by atoms with Gasteiger partial charge in [0, 0.05) is 5.69 Å². The highest BCUT2D eigenvalue weighted by Gasteiger charge is 2.29. The van der Waals surface area contributed by atoms with E-state index in [0.29, 0.717) is 13.2 Å². The molecule has 1 fully saturated rings. The second-order valence-corrected chi connectivity index (χ2v) is 4.44. The molecular weight excluding hydrogens is 232 g/mol. The molecule has 0 radical (unpaired) electrons. The summed E-state index contributed by atoms with van der Waals surface area (Å²) >= 11 is 0. The molecule has 5 nitrogen and oxygen atoms in total. The van der Waals surface area contributed by atoms with Crippen LogP contribution in [-0.2, 0) is 4.74 Å². The van der Waals surface area contributed by atoms with E-state index in [2.05, 4.69) is 5.32 Å². The van der Waals surface area contributed by atoms with Crippen molar-refractivity contribution in [3.8, 4) is 0 Å². The van der Waals surface area contributed by atoms with Gasteiger partial charge in [-0.2, -0.15) is 0 Å². The van der Waals surface area contributed by atoms with E-state index in [-0.39, 0.29) is 24.8 Å². The fraction of sp³-hybridized carbons (Fsp3) is 0.462. The molecule has 2 amide bonds. The molecule has 0 aromatic heterocycles. The standard InChI is InChI=1S/C13H18N2O3/c1-10-9-18-12(8-16)7-15(10)13(17)14-11-5-3-2-4-6-11/h2-6,10,12,16H,7-9H2,1H3,(H,14,17). The average molecular weight is 250 g/mol. The van der Waals surface area contributed by atoms with E-state index in [9.17, 15) is 4.79 Å². The van der Waals surface area contributed by atoms with Crippen LogP contribution in [0.1, 0.15) is 6.92 Å². The number of aliphatic hydroxyl groups is 1. The molecule has 98 valence electrons. The molecule has 1 aromatic rings. The Bertz CT molecular complexity index is 396. The zero-order valence-electron chi connectivity index (χ0n) is 10.4. The number of urea groups is 1. The highest BCUT2D eigenvalue weighted by Crippen LogP contribution is 2.14. The minimum atomic E-state index is -0.289. The number of aliphatic hydroxyl groups excluding tert-OH is 1. The molecule has 2 unspecified atom stereocenters. The molecule has 0 aliphatic carbocycles. The van der Waals surface area contributed by atoms with Crippen LogP contribution in [0.2, 0.25) is 0 Å². The van der Waals surface area contributed by atoms with Gasteiger partial charge in [0.25, 0.3) is 0 Å². The first-order valence-electron chi connectivity index (χ1n) is 6.06. The SMILES string of the molecule is CC1COC(CO)CN1C(=O)Nc1ccccc1. The first-order valence-corrected chi connectivity index (χ1v) is 6.06. The maximum absolute atomic E-state index is 12.1.